The van der Waals surface area contributed by atoms with Crippen LogP contribution in [0.15, 0.2) is 11.6 Å². The highest BCUT2D eigenvalue weighted by Crippen LogP contribution is 2.64. The van der Waals surface area contributed by atoms with Gasteiger partial charge in [-0.05, 0) is 67.3 Å². The van der Waals surface area contributed by atoms with Crippen LogP contribution in [0, 0.1) is 35.0 Å². The average Bonchev–Trinajstić information content (AvgIpc) is 3.13. The van der Waals surface area contributed by atoms with E-state index in [1.807, 2.05) is 6.92 Å². The Morgan fingerprint density at radius 2 is 1.79 bits per heavy atom. The van der Waals surface area contributed by atoms with E-state index >= 15 is 0 Å². The van der Waals surface area contributed by atoms with Crippen molar-refractivity contribution < 1.29 is 39.2 Å². The molecule has 3 saturated carbocycles. The molecule has 4 rings (SSSR count). The van der Waals surface area contributed by atoms with Crippen LogP contribution in [0.2, 0.25) is 0 Å². The first-order valence-corrected chi connectivity index (χ1v) is 12.0. The number of fused-ring (bicyclic) bond motifs is 5. The van der Waals surface area contributed by atoms with Crippen molar-refractivity contribution in [1.82, 2.24) is 0 Å². The van der Waals surface area contributed by atoms with Crippen LogP contribution in [0.3, 0.4) is 0 Å². The van der Waals surface area contributed by atoms with Crippen LogP contribution >= 0.6 is 0 Å². The van der Waals surface area contributed by atoms with E-state index in [1.165, 1.54) is 0 Å². The van der Waals surface area contributed by atoms with Crippen molar-refractivity contribution in [3.63, 3.8) is 0 Å². The standard InChI is InChI=1S/C25H34O8/c1-13-21-17(8-10-25(21,32)18(27)12-33-20(30)6-5-19(28)29)16-4-3-14-11-15(26)7-9-24(14,2)22(16)23(13)31/h11,13,16-17,21-23,31-32H,3-10,12H2,1-2H3,(H,28,29)/t13?,16?,17?,21?,22?,23?,24?,25-/m0/s1. The molecule has 7 unspecified atom stereocenters. The minimum Gasteiger partial charge on any atom is -0.481 e. The summed E-state index contributed by atoms with van der Waals surface area (Å²) in [5.41, 5.74) is -0.801. The van der Waals surface area contributed by atoms with Crippen molar-refractivity contribution in [2.24, 2.45) is 35.0 Å². The summed E-state index contributed by atoms with van der Waals surface area (Å²) in [6, 6.07) is 0. The zero-order valence-electron chi connectivity index (χ0n) is 19.3. The minimum atomic E-state index is -1.68. The van der Waals surface area contributed by atoms with Gasteiger partial charge >= 0.3 is 11.9 Å². The van der Waals surface area contributed by atoms with E-state index in [1.54, 1.807) is 6.08 Å². The van der Waals surface area contributed by atoms with E-state index < -0.39 is 42.0 Å². The molecule has 0 aliphatic heterocycles. The van der Waals surface area contributed by atoms with Crippen molar-refractivity contribution in [2.45, 2.75) is 76.9 Å². The second-order valence-corrected chi connectivity index (χ2v) is 10.8. The Hall–Kier alpha value is -2.06. The van der Waals surface area contributed by atoms with E-state index in [9.17, 15) is 29.4 Å². The number of carbonyl (C=O) groups excluding carboxylic acids is 3. The highest BCUT2D eigenvalue weighted by atomic mass is 16.5. The summed E-state index contributed by atoms with van der Waals surface area (Å²) in [4.78, 5) is 47.4. The molecule has 0 bridgehead atoms. The molecule has 0 aromatic rings. The molecule has 0 amide bonds. The molecule has 4 aliphatic carbocycles. The molecule has 0 heterocycles. The van der Waals surface area contributed by atoms with E-state index in [-0.39, 0.29) is 54.1 Å². The zero-order chi connectivity index (χ0) is 24.1. The Kier molecular flexibility index (Phi) is 6.29. The van der Waals surface area contributed by atoms with Gasteiger partial charge in [0.15, 0.2) is 12.4 Å². The van der Waals surface area contributed by atoms with Crippen molar-refractivity contribution in [3.05, 3.63) is 11.6 Å². The first-order valence-electron chi connectivity index (χ1n) is 12.0. The summed E-state index contributed by atoms with van der Waals surface area (Å²) in [7, 11) is 0. The largest absolute Gasteiger partial charge is 0.481 e. The van der Waals surface area contributed by atoms with Crippen LogP contribution in [0.1, 0.15) is 65.2 Å². The lowest BCUT2D eigenvalue weighted by atomic mass is 9.46. The Balaban J connectivity index is 1.52. The molecule has 182 valence electrons. The number of esters is 1. The summed E-state index contributed by atoms with van der Waals surface area (Å²) >= 11 is 0. The molecule has 0 saturated heterocycles. The monoisotopic (exact) mass is 462 g/mol. The number of aliphatic carboxylic acids is 1. The number of rotatable bonds is 6. The number of aliphatic hydroxyl groups is 2. The number of hydrogen-bond acceptors (Lipinski definition) is 7. The summed E-state index contributed by atoms with van der Waals surface area (Å²) < 4.78 is 4.96. The zero-order valence-corrected chi connectivity index (χ0v) is 19.3. The molecule has 0 aromatic heterocycles. The second kappa shape index (κ2) is 8.62. The topological polar surface area (TPSA) is 138 Å². The first kappa shape index (κ1) is 24.1. The van der Waals surface area contributed by atoms with Crippen LogP contribution in [0.25, 0.3) is 0 Å². The summed E-state index contributed by atoms with van der Waals surface area (Å²) in [5.74, 6) is -2.91. The lowest BCUT2D eigenvalue weighted by Crippen LogP contribution is -2.60. The predicted octanol–water partition coefficient (Wildman–Crippen LogP) is 2.05. The van der Waals surface area contributed by atoms with Crippen molar-refractivity contribution in [3.8, 4) is 0 Å². The minimum absolute atomic E-state index is 0.0202. The van der Waals surface area contributed by atoms with Gasteiger partial charge in [0.2, 0.25) is 5.78 Å². The SMILES string of the molecule is CC1C(O)C2C(CCC3=CC(=O)CCC32C)C2CC[C@](O)(C(=O)COC(=O)CCC(=O)O)C12. The van der Waals surface area contributed by atoms with E-state index in [4.69, 9.17) is 9.84 Å². The molecule has 8 atom stereocenters. The van der Waals surface area contributed by atoms with Crippen LogP contribution < -0.4 is 0 Å². The third-order valence-corrected chi connectivity index (χ3v) is 9.19. The number of carbonyl (C=O) groups is 4. The number of allylic oxidation sites excluding steroid dienone is 1. The van der Waals surface area contributed by atoms with Gasteiger partial charge in [-0.2, -0.15) is 0 Å². The summed E-state index contributed by atoms with van der Waals surface area (Å²) in [5, 5.41) is 31.6. The van der Waals surface area contributed by atoms with Gasteiger partial charge < -0.3 is 20.1 Å². The Labute approximate surface area is 193 Å². The Bertz CT molecular complexity index is 893. The fourth-order valence-electron chi connectivity index (χ4n) is 7.61. The average molecular weight is 463 g/mol. The lowest BCUT2D eigenvalue weighted by Gasteiger charge is -2.59. The molecule has 8 nitrogen and oxygen atoms in total. The second-order valence-electron chi connectivity index (χ2n) is 10.8. The molecule has 4 aliphatic rings. The normalized spacial score (nSPS) is 41.9. The number of carboxylic acids is 1. The van der Waals surface area contributed by atoms with Gasteiger partial charge in [-0.25, -0.2) is 0 Å². The van der Waals surface area contributed by atoms with Gasteiger partial charge in [0.25, 0.3) is 0 Å². The molecule has 0 spiro atoms. The van der Waals surface area contributed by atoms with Crippen LogP contribution in [0.5, 0.6) is 0 Å². The molecule has 3 fully saturated rings. The van der Waals surface area contributed by atoms with E-state index in [0.717, 1.165) is 24.8 Å². The van der Waals surface area contributed by atoms with Crippen LogP contribution in [-0.2, 0) is 23.9 Å². The number of Topliss-reactive ketones (excluding diaryl/α,β-unsaturated/α-hetero) is 1. The third-order valence-electron chi connectivity index (χ3n) is 9.19. The molecule has 0 radical (unpaired) electrons. The maximum atomic E-state index is 13.0. The lowest BCUT2D eigenvalue weighted by molar-refractivity contribution is -0.175. The van der Waals surface area contributed by atoms with Gasteiger partial charge in [0.05, 0.1) is 18.9 Å². The quantitative estimate of drug-likeness (QED) is 0.510. The van der Waals surface area contributed by atoms with Crippen molar-refractivity contribution in [2.75, 3.05) is 6.61 Å². The highest BCUT2D eigenvalue weighted by Gasteiger charge is 2.65. The number of aliphatic hydroxyl groups excluding tert-OH is 1. The van der Waals surface area contributed by atoms with Crippen molar-refractivity contribution in [1.29, 1.82) is 0 Å². The predicted molar refractivity (Wildman–Crippen MR) is 116 cm³/mol. The third kappa shape index (κ3) is 3.95. The Morgan fingerprint density at radius 1 is 1.09 bits per heavy atom. The molecule has 0 aromatic carbocycles. The molecule has 33 heavy (non-hydrogen) atoms. The van der Waals surface area contributed by atoms with Gasteiger partial charge in [0.1, 0.15) is 5.60 Å². The van der Waals surface area contributed by atoms with Crippen molar-refractivity contribution >= 4 is 23.5 Å². The van der Waals surface area contributed by atoms with Gasteiger partial charge in [-0.3, -0.25) is 19.2 Å². The smallest absolute Gasteiger partial charge is 0.306 e. The fourth-order valence-corrected chi connectivity index (χ4v) is 7.61. The molecular formula is C25H34O8. The van der Waals surface area contributed by atoms with Gasteiger partial charge in [-0.1, -0.05) is 19.4 Å². The number of ether oxygens (including phenoxy) is 1. The maximum Gasteiger partial charge on any atom is 0.306 e. The first-order chi connectivity index (χ1) is 15.5. The van der Waals surface area contributed by atoms with Gasteiger partial charge in [-0.15, -0.1) is 0 Å². The van der Waals surface area contributed by atoms with E-state index in [2.05, 4.69) is 6.92 Å². The highest BCUT2D eigenvalue weighted by molar-refractivity contribution is 5.92. The van der Waals surface area contributed by atoms with Gasteiger partial charge in [0, 0.05) is 12.3 Å². The summed E-state index contributed by atoms with van der Waals surface area (Å²) in [6.07, 6.45) is 4.07. The summed E-state index contributed by atoms with van der Waals surface area (Å²) in [6.45, 7) is 3.44. The molecule has 8 heteroatoms. The van der Waals surface area contributed by atoms with E-state index in [0.29, 0.717) is 12.8 Å². The Morgan fingerprint density at radius 3 is 2.48 bits per heavy atom. The maximum absolute atomic E-state index is 13.0. The molecular weight excluding hydrogens is 428 g/mol. The number of ketones is 2. The fraction of sp³-hybridized carbons (Fsp3) is 0.760. The number of hydrogen-bond donors (Lipinski definition) is 3. The van der Waals surface area contributed by atoms with Crippen LogP contribution in [0.4, 0.5) is 0 Å². The molecule has 3 N–H and O–H groups in total. The van der Waals surface area contributed by atoms with Crippen LogP contribution in [-0.4, -0.2) is 57.1 Å². The number of carboxylic acid groups (broad SMARTS) is 1.